The fraction of sp³-hybridized carbons (Fsp3) is 0.818. The zero-order valence-electron chi connectivity index (χ0n) is 10.9. The van der Waals surface area contributed by atoms with Gasteiger partial charge in [0.2, 0.25) is 0 Å². The van der Waals surface area contributed by atoms with E-state index in [1.807, 2.05) is 6.92 Å². The van der Waals surface area contributed by atoms with E-state index in [2.05, 4.69) is 10.6 Å². The zero-order valence-corrected chi connectivity index (χ0v) is 10.9. The van der Waals surface area contributed by atoms with Gasteiger partial charge in [0.1, 0.15) is 5.54 Å². The van der Waals surface area contributed by atoms with Crippen LogP contribution in [0.4, 0.5) is 4.79 Å². The molecule has 6 nitrogen and oxygen atoms in total. The fourth-order valence-electron chi connectivity index (χ4n) is 1.14. The van der Waals surface area contributed by atoms with E-state index in [0.29, 0.717) is 19.6 Å². The SMILES string of the molecule is CCOCC(C)NC(=O)NC(C)(CC)C(=O)O. The average molecular weight is 246 g/mol. The number of carboxylic acids is 1. The Morgan fingerprint density at radius 1 is 1.41 bits per heavy atom. The molecule has 2 atom stereocenters. The number of urea groups is 1. The van der Waals surface area contributed by atoms with Gasteiger partial charge in [-0.05, 0) is 27.2 Å². The highest BCUT2D eigenvalue weighted by molar-refractivity contribution is 5.85. The molecule has 0 radical (unpaired) electrons. The molecule has 0 fully saturated rings. The highest BCUT2D eigenvalue weighted by Gasteiger charge is 2.32. The van der Waals surface area contributed by atoms with E-state index in [4.69, 9.17) is 9.84 Å². The van der Waals surface area contributed by atoms with Crippen LogP contribution in [0.5, 0.6) is 0 Å². The number of ether oxygens (including phenoxy) is 1. The Morgan fingerprint density at radius 2 is 2.00 bits per heavy atom. The Labute approximate surface area is 102 Å². The van der Waals surface area contributed by atoms with E-state index in [1.54, 1.807) is 13.8 Å². The van der Waals surface area contributed by atoms with Crippen LogP contribution < -0.4 is 10.6 Å². The summed E-state index contributed by atoms with van der Waals surface area (Å²) in [6.45, 7) is 7.82. The van der Waals surface area contributed by atoms with Crippen molar-refractivity contribution in [3.8, 4) is 0 Å². The second kappa shape index (κ2) is 7.11. The number of amides is 2. The number of nitrogens with one attached hydrogen (secondary N) is 2. The maximum atomic E-state index is 11.6. The first-order valence-corrected chi connectivity index (χ1v) is 5.75. The summed E-state index contributed by atoms with van der Waals surface area (Å²) in [6.07, 6.45) is 0.315. The van der Waals surface area contributed by atoms with Crippen molar-refractivity contribution in [1.29, 1.82) is 0 Å². The number of carboxylic acid groups (broad SMARTS) is 1. The first-order valence-electron chi connectivity index (χ1n) is 5.75. The summed E-state index contributed by atoms with van der Waals surface area (Å²) >= 11 is 0. The van der Waals surface area contributed by atoms with Crippen molar-refractivity contribution in [2.75, 3.05) is 13.2 Å². The number of carbonyl (C=O) groups is 2. The second-order valence-corrected chi connectivity index (χ2v) is 4.15. The first kappa shape index (κ1) is 15.7. The van der Waals surface area contributed by atoms with Gasteiger partial charge in [0.15, 0.2) is 0 Å². The van der Waals surface area contributed by atoms with Crippen molar-refractivity contribution < 1.29 is 19.4 Å². The lowest BCUT2D eigenvalue weighted by Gasteiger charge is -2.25. The molecule has 0 aliphatic heterocycles. The number of aliphatic carboxylic acids is 1. The van der Waals surface area contributed by atoms with Gasteiger partial charge in [0, 0.05) is 6.61 Å². The van der Waals surface area contributed by atoms with Gasteiger partial charge in [-0.25, -0.2) is 9.59 Å². The van der Waals surface area contributed by atoms with E-state index in [-0.39, 0.29) is 6.04 Å². The zero-order chi connectivity index (χ0) is 13.5. The lowest BCUT2D eigenvalue weighted by Crippen LogP contribution is -2.56. The predicted octanol–water partition coefficient (Wildman–Crippen LogP) is 0.964. The predicted molar refractivity (Wildman–Crippen MR) is 64.0 cm³/mol. The number of rotatable bonds is 7. The number of carbonyl (C=O) groups excluding carboxylic acids is 1. The third-order valence-corrected chi connectivity index (χ3v) is 2.52. The summed E-state index contributed by atoms with van der Waals surface area (Å²) in [5.74, 6) is -1.05. The first-order chi connectivity index (χ1) is 7.85. The van der Waals surface area contributed by atoms with Gasteiger partial charge in [-0.2, -0.15) is 0 Å². The lowest BCUT2D eigenvalue weighted by molar-refractivity contribution is -0.143. The van der Waals surface area contributed by atoms with Gasteiger partial charge in [0.05, 0.1) is 12.6 Å². The molecule has 0 aromatic carbocycles. The molecule has 0 heterocycles. The molecule has 0 aromatic heterocycles. The molecule has 0 aromatic rings. The molecule has 0 aliphatic carbocycles. The highest BCUT2D eigenvalue weighted by Crippen LogP contribution is 2.08. The van der Waals surface area contributed by atoms with E-state index in [0.717, 1.165) is 0 Å². The van der Waals surface area contributed by atoms with E-state index < -0.39 is 17.5 Å². The maximum Gasteiger partial charge on any atom is 0.329 e. The van der Waals surface area contributed by atoms with Crippen LogP contribution in [0.15, 0.2) is 0 Å². The van der Waals surface area contributed by atoms with Crippen molar-refractivity contribution >= 4 is 12.0 Å². The molecular formula is C11H22N2O4. The number of hydrogen-bond donors (Lipinski definition) is 3. The quantitative estimate of drug-likeness (QED) is 0.624. The molecule has 0 saturated carbocycles. The minimum absolute atomic E-state index is 0.162. The third-order valence-electron chi connectivity index (χ3n) is 2.52. The Balaban J connectivity index is 4.20. The van der Waals surface area contributed by atoms with Crippen LogP contribution in [0, 0.1) is 0 Å². The Bertz CT molecular complexity index is 270. The Kier molecular flexibility index (Phi) is 6.57. The topological polar surface area (TPSA) is 87.7 Å². The summed E-state index contributed by atoms with van der Waals surface area (Å²) in [6, 6.07) is -0.659. The van der Waals surface area contributed by atoms with Crippen LogP contribution in [-0.2, 0) is 9.53 Å². The van der Waals surface area contributed by atoms with Crippen molar-refractivity contribution in [2.24, 2.45) is 0 Å². The largest absolute Gasteiger partial charge is 0.480 e. The monoisotopic (exact) mass is 246 g/mol. The average Bonchev–Trinajstić information content (AvgIpc) is 2.25. The lowest BCUT2D eigenvalue weighted by atomic mass is 10.00. The molecule has 0 rings (SSSR count). The summed E-state index contributed by atoms with van der Waals surface area (Å²) < 4.78 is 5.14. The number of hydrogen-bond acceptors (Lipinski definition) is 3. The Morgan fingerprint density at radius 3 is 2.41 bits per heavy atom. The summed E-state index contributed by atoms with van der Waals surface area (Å²) in [7, 11) is 0. The molecule has 3 N–H and O–H groups in total. The smallest absolute Gasteiger partial charge is 0.329 e. The van der Waals surface area contributed by atoms with Gasteiger partial charge in [0.25, 0.3) is 0 Å². The van der Waals surface area contributed by atoms with Crippen LogP contribution >= 0.6 is 0 Å². The Hall–Kier alpha value is -1.30. The molecule has 0 spiro atoms. The van der Waals surface area contributed by atoms with Gasteiger partial charge in [-0.3, -0.25) is 0 Å². The summed E-state index contributed by atoms with van der Waals surface area (Å²) in [5, 5.41) is 14.1. The van der Waals surface area contributed by atoms with Crippen molar-refractivity contribution in [3.05, 3.63) is 0 Å². The summed E-state index contributed by atoms with van der Waals surface area (Å²) in [5.41, 5.74) is -1.24. The maximum absolute atomic E-state index is 11.6. The van der Waals surface area contributed by atoms with Crippen molar-refractivity contribution in [3.63, 3.8) is 0 Å². The van der Waals surface area contributed by atoms with Gasteiger partial charge in [-0.15, -0.1) is 0 Å². The van der Waals surface area contributed by atoms with Crippen molar-refractivity contribution in [2.45, 2.75) is 45.7 Å². The van der Waals surface area contributed by atoms with E-state index in [9.17, 15) is 9.59 Å². The van der Waals surface area contributed by atoms with Crippen LogP contribution in [0.2, 0.25) is 0 Å². The second-order valence-electron chi connectivity index (χ2n) is 4.15. The fourth-order valence-corrected chi connectivity index (χ4v) is 1.14. The van der Waals surface area contributed by atoms with Gasteiger partial charge >= 0.3 is 12.0 Å². The third kappa shape index (κ3) is 5.53. The normalized spacial score (nSPS) is 15.8. The highest BCUT2D eigenvalue weighted by atomic mass is 16.5. The van der Waals surface area contributed by atoms with E-state index in [1.165, 1.54) is 6.92 Å². The van der Waals surface area contributed by atoms with E-state index >= 15 is 0 Å². The molecule has 2 amide bonds. The minimum atomic E-state index is -1.24. The molecule has 0 saturated heterocycles. The van der Waals surface area contributed by atoms with Gasteiger partial charge < -0.3 is 20.5 Å². The standard InChI is InChI=1S/C11H22N2O4/c1-5-11(4,9(14)15)13-10(16)12-8(3)7-17-6-2/h8H,5-7H2,1-4H3,(H,14,15)(H2,12,13,16). The van der Waals surface area contributed by atoms with Crippen LogP contribution in [-0.4, -0.2) is 41.9 Å². The molecule has 100 valence electrons. The van der Waals surface area contributed by atoms with Crippen LogP contribution in [0.3, 0.4) is 0 Å². The molecule has 0 bridgehead atoms. The van der Waals surface area contributed by atoms with Gasteiger partial charge in [-0.1, -0.05) is 6.92 Å². The molecule has 6 heteroatoms. The van der Waals surface area contributed by atoms with Crippen LogP contribution in [0.25, 0.3) is 0 Å². The molecule has 17 heavy (non-hydrogen) atoms. The van der Waals surface area contributed by atoms with Crippen LogP contribution in [0.1, 0.15) is 34.1 Å². The molecule has 2 unspecified atom stereocenters. The molecule has 0 aliphatic rings. The van der Waals surface area contributed by atoms with Crippen molar-refractivity contribution in [1.82, 2.24) is 10.6 Å². The minimum Gasteiger partial charge on any atom is -0.480 e. The molecular weight excluding hydrogens is 224 g/mol. The summed E-state index contributed by atoms with van der Waals surface area (Å²) in [4.78, 5) is 22.5.